The average Bonchev–Trinajstić information content (AvgIpc) is 2.75. The summed E-state index contributed by atoms with van der Waals surface area (Å²) in [5.41, 5.74) is 0. The van der Waals surface area contributed by atoms with Gasteiger partial charge in [0.25, 0.3) is 0 Å². The predicted octanol–water partition coefficient (Wildman–Crippen LogP) is 1.55. The monoisotopic (exact) mass is 239 g/mol. The van der Waals surface area contributed by atoms with Crippen molar-refractivity contribution in [1.82, 2.24) is 15.1 Å². The van der Waals surface area contributed by atoms with Crippen LogP contribution in [0.2, 0.25) is 0 Å². The van der Waals surface area contributed by atoms with Crippen LogP contribution in [0.5, 0.6) is 0 Å². The molecule has 0 aromatic rings. The first-order valence-corrected chi connectivity index (χ1v) is 7.49. The zero-order valence-electron chi connectivity index (χ0n) is 11.5. The van der Waals surface area contributed by atoms with Crippen LogP contribution in [0.1, 0.15) is 38.5 Å². The topological polar surface area (TPSA) is 18.5 Å². The number of likely N-dealkylation sites (N-methyl/N-ethyl adjacent to an activating group) is 1. The van der Waals surface area contributed by atoms with E-state index in [4.69, 9.17) is 0 Å². The summed E-state index contributed by atoms with van der Waals surface area (Å²) in [6.07, 6.45) is 8.36. The summed E-state index contributed by atoms with van der Waals surface area (Å²) in [6, 6.07) is 0.838. The minimum Gasteiger partial charge on any atom is -0.314 e. The summed E-state index contributed by atoms with van der Waals surface area (Å²) in [5.74, 6) is 0. The smallest absolute Gasteiger partial charge is 0.0109 e. The molecule has 0 radical (unpaired) electrons. The Morgan fingerprint density at radius 2 is 1.82 bits per heavy atom. The Morgan fingerprint density at radius 3 is 2.65 bits per heavy atom. The SMILES string of the molecule is CN1CCCN(CCCNC2CCCC2)CC1. The van der Waals surface area contributed by atoms with Crippen molar-refractivity contribution in [3.8, 4) is 0 Å². The van der Waals surface area contributed by atoms with Crippen molar-refractivity contribution < 1.29 is 0 Å². The van der Waals surface area contributed by atoms with Gasteiger partial charge in [-0.2, -0.15) is 0 Å². The molecule has 2 fully saturated rings. The van der Waals surface area contributed by atoms with Gasteiger partial charge in [0.2, 0.25) is 0 Å². The minimum atomic E-state index is 0.838. The highest BCUT2D eigenvalue weighted by atomic mass is 15.2. The second-order valence-corrected chi connectivity index (χ2v) is 5.79. The van der Waals surface area contributed by atoms with Crippen molar-refractivity contribution in [1.29, 1.82) is 0 Å². The van der Waals surface area contributed by atoms with Crippen molar-refractivity contribution >= 4 is 0 Å². The molecule has 3 nitrogen and oxygen atoms in total. The molecule has 0 aromatic heterocycles. The molecule has 1 aliphatic carbocycles. The Labute approximate surface area is 107 Å². The molecule has 0 aromatic carbocycles. The van der Waals surface area contributed by atoms with Crippen LogP contribution in [0.4, 0.5) is 0 Å². The van der Waals surface area contributed by atoms with Gasteiger partial charge in [-0.3, -0.25) is 0 Å². The normalized spacial score (nSPS) is 25.2. The molecule has 1 saturated carbocycles. The molecule has 100 valence electrons. The number of hydrogen-bond donors (Lipinski definition) is 1. The third-order valence-electron chi connectivity index (χ3n) is 4.25. The van der Waals surface area contributed by atoms with E-state index in [2.05, 4.69) is 22.2 Å². The summed E-state index contributed by atoms with van der Waals surface area (Å²) in [6.45, 7) is 7.59. The van der Waals surface area contributed by atoms with Crippen molar-refractivity contribution in [3.05, 3.63) is 0 Å². The summed E-state index contributed by atoms with van der Waals surface area (Å²) in [7, 11) is 2.24. The fraction of sp³-hybridized carbons (Fsp3) is 1.00. The maximum absolute atomic E-state index is 3.71. The summed E-state index contributed by atoms with van der Waals surface area (Å²) in [5, 5.41) is 3.71. The first-order chi connectivity index (χ1) is 8.34. The van der Waals surface area contributed by atoms with E-state index in [0.717, 1.165) is 6.04 Å². The number of rotatable bonds is 5. The van der Waals surface area contributed by atoms with Crippen molar-refractivity contribution in [2.75, 3.05) is 46.3 Å². The third kappa shape index (κ3) is 4.94. The van der Waals surface area contributed by atoms with Crippen LogP contribution in [0.15, 0.2) is 0 Å². The van der Waals surface area contributed by atoms with Gasteiger partial charge in [0.15, 0.2) is 0 Å². The van der Waals surface area contributed by atoms with E-state index in [0.29, 0.717) is 0 Å². The standard InChI is InChI=1S/C14H29N3/c1-16-9-5-11-17(13-12-16)10-4-8-15-14-6-2-3-7-14/h14-15H,2-13H2,1H3. The Morgan fingerprint density at radius 1 is 1.00 bits per heavy atom. The lowest BCUT2D eigenvalue weighted by Gasteiger charge is -2.20. The largest absolute Gasteiger partial charge is 0.314 e. The molecule has 0 unspecified atom stereocenters. The summed E-state index contributed by atoms with van der Waals surface area (Å²) < 4.78 is 0. The maximum atomic E-state index is 3.71. The lowest BCUT2D eigenvalue weighted by Crippen LogP contribution is -2.33. The maximum Gasteiger partial charge on any atom is 0.0109 e. The quantitative estimate of drug-likeness (QED) is 0.734. The molecule has 1 N–H and O–H groups in total. The van der Waals surface area contributed by atoms with Gasteiger partial charge >= 0.3 is 0 Å². The second kappa shape index (κ2) is 7.34. The number of hydrogen-bond acceptors (Lipinski definition) is 3. The molecular weight excluding hydrogens is 210 g/mol. The molecule has 17 heavy (non-hydrogen) atoms. The lowest BCUT2D eigenvalue weighted by molar-refractivity contribution is 0.271. The van der Waals surface area contributed by atoms with E-state index in [9.17, 15) is 0 Å². The molecule has 0 spiro atoms. The van der Waals surface area contributed by atoms with Crippen LogP contribution in [0.25, 0.3) is 0 Å². The van der Waals surface area contributed by atoms with Crippen molar-refractivity contribution in [2.24, 2.45) is 0 Å². The molecule has 1 aliphatic heterocycles. The third-order valence-corrected chi connectivity index (χ3v) is 4.25. The van der Waals surface area contributed by atoms with E-state index in [1.54, 1.807) is 0 Å². The van der Waals surface area contributed by atoms with Crippen molar-refractivity contribution in [3.63, 3.8) is 0 Å². The van der Waals surface area contributed by atoms with E-state index < -0.39 is 0 Å². The Kier molecular flexibility index (Phi) is 5.75. The van der Waals surface area contributed by atoms with Gasteiger partial charge in [-0.05, 0) is 58.9 Å². The fourth-order valence-electron chi connectivity index (χ4n) is 3.06. The van der Waals surface area contributed by atoms with Gasteiger partial charge in [-0.1, -0.05) is 12.8 Å². The lowest BCUT2D eigenvalue weighted by atomic mass is 10.2. The van der Waals surface area contributed by atoms with E-state index in [1.807, 2.05) is 0 Å². The summed E-state index contributed by atoms with van der Waals surface area (Å²) >= 11 is 0. The molecular formula is C14H29N3. The van der Waals surface area contributed by atoms with Crippen LogP contribution >= 0.6 is 0 Å². The highest BCUT2D eigenvalue weighted by Crippen LogP contribution is 2.17. The van der Waals surface area contributed by atoms with Crippen molar-refractivity contribution in [2.45, 2.75) is 44.6 Å². The van der Waals surface area contributed by atoms with Crippen LogP contribution in [0.3, 0.4) is 0 Å². The highest BCUT2D eigenvalue weighted by Gasteiger charge is 2.14. The van der Waals surface area contributed by atoms with Crippen LogP contribution < -0.4 is 5.32 Å². The Balaban J connectivity index is 1.52. The summed E-state index contributed by atoms with van der Waals surface area (Å²) in [4.78, 5) is 5.09. The molecule has 3 heteroatoms. The number of nitrogens with one attached hydrogen (secondary N) is 1. The minimum absolute atomic E-state index is 0.838. The zero-order chi connectivity index (χ0) is 11.9. The van der Waals surface area contributed by atoms with Crippen LogP contribution in [-0.2, 0) is 0 Å². The van der Waals surface area contributed by atoms with E-state index >= 15 is 0 Å². The Bertz CT molecular complexity index is 202. The molecule has 1 saturated heterocycles. The first kappa shape index (κ1) is 13.3. The van der Waals surface area contributed by atoms with Gasteiger partial charge < -0.3 is 15.1 Å². The highest BCUT2D eigenvalue weighted by molar-refractivity contribution is 4.74. The van der Waals surface area contributed by atoms with Gasteiger partial charge in [-0.25, -0.2) is 0 Å². The molecule has 2 rings (SSSR count). The number of nitrogens with zero attached hydrogens (tertiary/aromatic N) is 2. The van der Waals surface area contributed by atoms with Gasteiger partial charge in [0, 0.05) is 19.1 Å². The molecule has 1 heterocycles. The zero-order valence-corrected chi connectivity index (χ0v) is 11.5. The molecule has 0 atom stereocenters. The Hall–Kier alpha value is -0.120. The fourth-order valence-corrected chi connectivity index (χ4v) is 3.06. The second-order valence-electron chi connectivity index (χ2n) is 5.79. The van der Waals surface area contributed by atoms with E-state index in [-0.39, 0.29) is 0 Å². The first-order valence-electron chi connectivity index (χ1n) is 7.49. The van der Waals surface area contributed by atoms with E-state index in [1.165, 1.54) is 77.8 Å². The average molecular weight is 239 g/mol. The van der Waals surface area contributed by atoms with Crippen LogP contribution in [-0.4, -0.2) is 62.2 Å². The van der Waals surface area contributed by atoms with Gasteiger partial charge in [0.05, 0.1) is 0 Å². The molecule has 0 amide bonds. The van der Waals surface area contributed by atoms with Gasteiger partial charge in [0.1, 0.15) is 0 Å². The predicted molar refractivity (Wildman–Crippen MR) is 73.4 cm³/mol. The van der Waals surface area contributed by atoms with Gasteiger partial charge in [-0.15, -0.1) is 0 Å². The molecule has 0 bridgehead atoms. The molecule has 2 aliphatic rings. The van der Waals surface area contributed by atoms with Crippen LogP contribution in [0, 0.1) is 0 Å².